The summed E-state index contributed by atoms with van der Waals surface area (Å²) in [5.41, 5.74) is 4.15. The molecule has 0 bridgehead atoms. The summed E-state index contributed by atoms with van der Waals surface area (Å²) in [4.78, 5) is 18.4. The molecule has 2 aromatic carbocycles. The summed E-state index contributed by atoms with van der Waals surface area (Å²) in [7, 11) is 1.75. The molecule has 3 nitrogen and oxygen atoms in total. The average Bonchev–Trinajstić information content (AvgIpc) is 2.98. The number of nitrogens with zero attached hydrogens (tertiary/aromatic N) is 2. The summed E-state index contributed by atoms with van der Waals surface area (Å²) < 4.78 is 0. The fourth-order valence-electron chi connectivity index (χ4n) is 3.07. The van der Waals surface area contributed by atoms with Gasteiger partial charge in [0.05, 0.1) is 0 Å². The van der Waals surface area contributed by atoms with E-state index < -0.39 is 0 Å². The molecule has 0 spiro atoms. The summed E-state index contributed by atoms with van der Waals surface area (Å²) in [5.74, 6) is 0.429. The Hall–Kier alpha value is -2.68. The van der Waals surface area contributed by atoms with Gasteiger partial charge in [-0.1, -0.05) is 49.1 Å². The van der Waals surface area contributed by atoms with Crippen LogP contribution in [-0.4, -0.2) is 25.7 Å². The van der Waals surface area contributed by atoms with Crippen molar-refractivity contribution >= 4 is 23.9 Å². The smallest absolute Gasteiger partial charge is 0.227 e. The first-order valence-corrected chi connectivity index (χ1v) is 7.77. The third kappa shape index (κ3) is 3.09. The number of anilines is 1. The first-order valence-electron chi connectivity index (χ1n) is 7.77. The Morgan fingerprint density at radius 2 is 1.96 bits per heavy atom. The molecule has 0 aromatic heterocycles. The van der Waals surface area contributed by atoms with Crippen molar-refractivity contribution in [3.05, 3.63) is 71.8 Å². The normalized spacial score (nSPS) is 17.9. The van der Waals surface area contributed by atoms with Crippen molar-refractivity contribution in [3.8, 4) is 0 Å². The van der Waals surface area contributed by atoms with E-state index in [-0.39, 0.29) is 11.8 Å². The lowest BCUT2D eigenvalue weighted by atomic mass is 9.98. The van der Waals surface area contributed by atoms with Gasteiger partial charge in [-0.15, -0.1) is 0 Å². The fourth-order valence-corrected chi connectivity index (χ4v) is 3.07. The second kappa shape index (κ2) is 6.61. The Balaban J connectivity index is 1.87. The molecule has 1 amide bonds. The number of amides is 1. The molecule has 2 aromatic rings. The summed E-state index contributed by atoms with van der Waals surface area (Å²) in [6, 6.07) is 16.2. The maximum atomic E-state index is 12.4. The molecule has 0 saturated carbocycles. The first kappa shape index (κ1) is 15.2. The Morgan fingerprint density at radius 3 is 2.65 bits per heavy atom. The van der Waals surface area contributed by atoms with Crippen LogP contribution in [0.4, 0.5) is 5.69 Å². The minimum atomic E-state index is 0.172. The van der Waals surface area contributed by atoms with Gasteiger partial charge in [0, 0.05) is 37.8 Å². The lowest BCUT2D eigenvalue weighted by Gasteiger charge is -2.18. The monoisotopic (exact) mass is 304 g/mol. The molecule has 116 valence electrons. The van der Waals surface area contributed by atoms with Crippen LogP contribution in [0.25, 0.3) is 6.08 Å². The average molecular weight is 304 g/mol. The van der Waals surface area contributed by atoms with Crippen LogP contribution < -0.4 is 4.90 Å². The van der Waals surface area contributed by atoms with Crippen LogP contribution in [0.3, 0.4) is 0 Å². The molecule has 1 heterocycles. The van der Waals surface area contributed by atoms with E-state index in [1.165, 1.54) is 5.56 Å². The predicted octanol–water partition coefficient (Wildman–Crippen LogP) is 3.90. The first-order chi connectivity index (χ1) is 11.2. The molecule has 3 heteroatoms. The molecule has 1 saturated heterocycles. The Bertz CT molecular complexity index is 749. The lowest BCUT2D eigenvalue weighted by Crippen LogP contribution is -2.24. The SMILES string of the molecule is C=Cc1cc(N2CC(c3ccccc3)CC2=O)ccc1/C=N\C. The fraction of sp³-hybridized carbons (Fsp3) is 0.200. The summed E-state index contributed by atoms with van der Waals surface area (Å²) >= 11 is 0. The van der Waals surface area contributed by atoms with Gasteiger partial charge in [-0.25, -0.2) is 0 Å². The van der Waals surface area contributed by atoms with E-state index in [0.29, 0.717) is 6.42 Å². The second-order valence-electron chi connectivity index (χ2n) is 5.72. The maximum Gasteiger partial charge on any atom is 0.227 e. The van der Waals surface area contributed by atoms with E-state index in [2.05, 4.69) is 23.7 Å². The molecular weight excluding hydrogens is 284 g/mol. The van der Waals surface area contributed by atoms with Gasteiger partial charge in [0.15, 0.2) is 0 Å². The minimum Gasteiger partial charge on any atom is -0.312 e. The third-order valence-corrected chi connectivity index (χ3v) is 4.27. The van der Waals surface area contributed by atoms with Gasteiger partial charge < -0.3 is 4.90 Å². The molecule has 0 aliphatic carbocycles. The van der Waals surface area contributed by atoms with Crippen LogP contribution in [-0.2, 0) is 4.79 Å². The summed E-state index contributed by atoms with van der Waals surface area (Å²) in [5, 5.41) is 0. The highest BCUT2D eigenvalue weighted by atomic mass is 16.2. The Kier molecular flexibility index (Phi) is 4.38. The number of rotatable bonds is 4. The van der Waals surface area contributed by atoms with Crippen molar-refractivity contribution < 1.29 is 4.79 Å². The molecule has 1 unspecified atom stereocenters. The van der Waals surface area contributed by atoms with E-state index in [9.17, 15) is 4.79 Å². The van der Waals surface area contributed by atoms with E-state index in [4.69, 9.17) is 0 Å². The van der Waals surface area contributed by atoms with Gasteiger partial charge in [0.1, 0.15) is 0 Å². The van der Waals surface area contributed by atoms with E-state index >= 15 is 0 Å². The van der Waals surface area contributed by atoms with E-state index in [0.717, 1.165) is 23.4 Å². The maximum absolute atomic E-state index is 12.4. The number of aliphatic imine (C=N–C) groups is 1. The Morgan fingerprint density at radius 1 is 1.17 bits per heavy atom. The van der Waals surface area contributed by atoms with Crippen molar-refractivity contribution in [1.82, 2.24) is 0 Å². The lowest BCUT2D eigenvalue weighted by molar-refractivity contribution is -0.117. The zero-order valence-electron chi connectivity index (χ0n) is 13.3. The van der Waals surface area contributed by atoms with Gasteiger partial charge in [-0.2, -0.15) is 0 Å². The zero-order chi connectivity index (χ0) is 16.2. The molecule has 3 rings (SSSR count). The molecular formula is C20H20N2O. The van der Waals surface area contributed by atoms with Crippen LogP contribution >= 0.6 is 0 Å². The number of carbonyl (C=O) groups excluding carboxylic acids is 1. The Labute approximate surface area is 137 Å². The number of hydrogen-bond acceptors (Lipinski definition) is 2. The minimum absolute atomic E-state index is 0.172. The highest BCUT2D eigenvalue weighted by Crippen LogP contribution is 2.32. The van der Waals surface area contributed by atoms with Crippen molar-refractivity contribution in [1.29, 1.82) is 0 Å². The van der Waals surface area contributed by atoms with Gasteiger partial charge in [0.2, 0.25) is 5.91 Å². The molecule has 1 atom stereocenters. The van der Waals surface area contributed by atoms with Crippen molar-refractivity contribution in [2.24, 2.45) is 4.99 Å². The van der Waals surface area contributed by atoms with Crippen LogP contribution in [0, 0.1) is 0 Å². The second-order valence-corrected chi connectivity index (χ2v) is 5.72. The standard InChI is InChI=1S/C20H20N2O/c1-3-15-11-19(10-9-17(15)13-21-2)22-14-18(12-20(22)23)16-7-5-4-6-8-16/h3-11,13,18H,1,12,14H2,2H3/b21-13-. The van der Waals surface area contributed by atoms with Gasteiger partial charge in [-0.3, -0.25) is 9.79 Å². The predicted molar refractivity (Wildman–Crippen MR) is 96.2 cm³/mol. The van der Waals surface area contributed by atoms with Crippen molar-refractivity contribution in [3.63, 3.8) is 0 Å². The van der Waals surface area contributed by atoms with Crippen LogP contribution in [0.2, 0.25) is 0 Å². The number of hydrogen-bond donors (Lipinski definition) is 0. The molecule has 1 aliphatic rings. The molecule has 1 aliphatic heterocycles. The topological polar surface area (TPSA) is 32.7 Å². The highest BCUT2D eigenvalue weighted by molar-refractivity contribution is 5.97. The number of carbonyl (C=O) groups is 1. The third-order valence-electron chi connectivity index (χ3n) is 4.27. The van der Waals surface area contributed by atoms with Crippen molar-refractivity contribution in [2.75, 3.05) is 18.5 Å². The number of benzene rings is 2. The van der Waals surface area contributed by atoms with E-state index in [1.54, 1.807) is 19.3 Å². The van der Waals surface area contributed by atoms with Crippen LogP contribution in [0.15, 0.2) is 60.1 Å². The van der Waals surface area contributed by atoms with Crippen molar-refractivity contribution in [2.45, 2.75) is 12.3 Å². The quantitative estimate of drug-likeness (QED) is 0.789. The zero-order valence-corrected chi connectivity index (χ0v) is 13.3. The molecule has 0 radical (unpaired) electrons. The summed E-state index contributed by atoms with van der Waals surface area (Å²) in [6.45, 7) is 4.58. The summed E-state index contributed by atoms with van der Waals surface area (Å²) in [6.07, 6.45) is 4.17. The molecule has 23 heavy (non-hydrogen) atoms. The van der Waals surface area contributed by atoms with Gasteiger partial charge >= 0.3 is 0 Å². The largest absolute Gasteiger partial charge is 0.312 e. The van der Waals surface area contributed by atoms with Gasteiger partial charge in [-0.05, 0) is 28.8 Å². The van der Waals surface area contributed by atoms with Crippen LogP contribution in [0.5, 0.6) is 0 Å². The molecule has 1 fully saturated rings. The van der Waals surface area contributed by atoms with Crippen LogP contribution in [0.1, 0.15) is 29.0 Å². The highest BCUT2D eigenvalue weighted by Gasteiger charge is 2.31. The van der Waals surface area contributed by atoms with E-state index in [1.807, 2.05) is 41.3 Å². The molecule has 0 N–H and O–H groups in total. The van der Waals surface area contributed by atoms with Gasteiger partial charge in [0.25, 0.3) is 0 Å².